The van der Waals surface area contributed by atoms with Crippen molar-refractivity contribution in [2.24, 2.45) is 0 Å². The molecule has 0 saturated carbocycles. The summed E-state index contributed by atoms with van der Waals surface area (Å²) in [6.07, 6.45) is 0.0802. The second-order valence-corrected chi connectivity index (χ2v) is 8.08. The van der Waals surface area contributed by atoms with Gasteiger partial charge in [-0.3, -0.25) is 14.5 Å². The molecule has 1 heterocycles. The van der Waals surface area contributed by atoms with E-state index < -0.39 is 12.0 Å². The fourth-order valence-corrected chi connectivity index (χ4v) is 4.15. The van der Waals surface area contributed by atoms with Gasteiger partial charge in [-0.2, -0.15) is 0 Å². The third-order valence-electron chi connectivity index (χ3n) is 5.94. The molecular formula is C26H27N3O4. The molecule has 2 N–H and O–H groups in total. The van der Waals surface area contributed by atoms with Gasteiger partial charge >= 0.3 is 5.97 Å². The number of hydrogen-bond acceptors (Lipinski definition) is 5. The molecule has 3 aromatic carbocycles. The van der Waals surface area contributed by atoms with E-state index in [4.69, 9.17) is 4.74 Å². The van der Waals surface area contributed by atoms with Gasteiger partial charge in [0, 0.05) is 26.2 Å². The van der Waals surface area contributed by atoms with E-state index in [0.717, 1.165) is 21.9 Å². The number of benzene rings is 3. The van der Waals surface area contributed by atoms with Crippen molar-refractivity contribution in [1.29, 1.82) is 0 Å². The highest BCUT2D eigenvalue weighted by atomic mass is 16.5. The van der Waals surface area contributed by atoms with Crippen LogP contribution in [0.1, 0.15) is 27.9 Å². The second-order valence-electron chi connectivity index (χ2n) is 8.08. The second kappa shape index (κ2) is 10.3. The largest absolute Gasteiger partial charge is 0.465 e. The number of methoxy groups -OCH3 is 1. The van der Waals surface area contributed by atoms with Gasteiger partial charge in [0.2, 0.25) is 11.8 Å². The molecule has 0 bridgehead atoms. The maximum atomic E-state index is 12.7. The van der Waals surface area contributed by atoms with Crippen LogP contribution in [0.4, 0.5) is 0 Å². The van der Waals surface area contributed by atoms with Crippen LogP contribution in [0, 0.1) is 0 Å². The summed E-state index contributed by atoms with van der Waals surface area (Å²) in [5.41, 5.74) is 2.45. The molecule has 1 unspecified atom stereocenters. The van der Waals surface area contributed by atoms with E-state index >= 15 is 0 Å². The Morgan fingerprint density at radius 1 is 1.06 bits per heavy atom. The first-order chi connectivity index (χ1) is 16.0. The smallest absolute Gasteiger partial charge is 0.337 e. The SMILES string of the molecule is COC(=O)c1ccc(CNC(=O)CC2C(=O)NCCN2Cc2cccc3ccccc23)cc1. The molecule has 1 fully saturated rings. The van der Waals surface area contributed by atoms with Crippen molar-refractivity contribution in [2.45, 2.75) is 25.6 Å². The maximum Gasteiger partial charge on any atom is 0.337 e. The Kier molecular flexibility index (Phi) is 7.00. The van der Waals surface area contributed by atoms with Crippen LogP contribution in [-0.4, -0.2) is 48.9 Å². The molecule has 0 aliphatic carbocycles. The van der Waals surface area contributed by atoms with Crippen molar-refractivity contribution >= 4 is 28.6 Å². The summed E-state index contributed by atoms with van der Waals surface area (Å²) in [6.45, 7) is 2.16. The Labute approximate surface area is 192 Å². The van der Waals surface area contributed by atoms with Crippen LogP contribution in [-0.2, 0) is 27.4 Å². The number of esters is 1. The van der Waals surface area contributed by atoms with Gasteiger partial charge < -0.3 is 15.4 Å². The quantitative estimate of drug-likeness (QED) is 0.546. The number of carbonyl (C=O) groups excluding carboxylic acids is 3. The normalized spacial score (nSPS) is 16.3. The zero-order valence-electron chi connectivity index (χ0n) is 18.5. The van der Waals surface area contributed by atoms with Crippen LogP contribution in [0.3, 0.4) is 0 Å². The maximum absolute atomic E-state index is 12.7. The highest BCUT2D eigenvalue weighted by Crippen LogP contribution is 2.22. The molecule has 2 amide bonds. The average molecular weight is 446 g/mol. The number of nitrogens with one attached hydrogen (secondary N) is 2. The van der Waals surface area contributed by atoms with Gasteiger partial charge in [0.25, 0.3) is 0 Å². The lowest BCUT2D eigenvalue weighted by Gasteiger charge is -2.35. The lowest BCUT2D eigenvalue weighted by molar-refractivity contribution is -0.134. The number of amides is 2. The zero-order valence-corrected chi connectivity index (χ0v) is 18.5. The minimum absolute atomic E-state index is 0.0802. The number of fused-ring (bicyclic) bond motifs is 1. The van der Waals surface area contributed by atoms with Crippen LogP contribution in [0.25, 0.3) is 10.8 Å². The molecule has 1 aliphatic heterocycles. The number of rotatable bonds is 7. The molecule has 7 heteroatoms. The van der Waals surface area contributed by atoms with Crippen LogP contribution >= 0.6 is 0 Å². The summed E-state index contributed by atoms with van der Waals surface area (Å²) in [5, 5.41) is 8.08. The fourth-order valence-electron chi connectivity index (χ4n) is 4.15. The van der Waals surface area contributed by atoms with E-state index in [1.54, 1.807) is 24.3 Å². The van der Waals surface area contributed by atoms with Crippen molar-refractivity contribution in [2.75, 3.05) is 20.2 Å². The highest BCUT2D eigenvalue weighted by Gasteiger charge is 2.31. The number of piperazine rings is 1. The molecular weight excluding hydrogens is 418 g/mol. The van der Waals surface area contributed by atoms with E-state index in [1.165, 1.54) is 7.11 Å². The Hall–Kier alpha value is -3.71. The van der Waals surface area contributed by atoms with E-state index in [2.05, 4.69) is 39.8 Å². The molecule has 0 radical (unpaired) electrons. The first kappa shape index (κ1) is 22.5. The van der Waals surface area contributed by atoms with Gasteiger partial charge in [-0.15, -0.1) is 0 Å². The van der Waals surface area contributed by atoms with Crippen molar-refractivity contribution < 1.29 is 19.1 Å². The van der Waals surface area contributed by atoms with Gasteiger partial charge in [0.05, 0.1) is 25.1 Å². The third kappa shape index (κ3) is 5.38. The Morgan fingerprint density at radius 2 is 1.82 bits per heavy atom. The molecule has 1 aliphatic rings. The zero-order chi connectivity index (χ0) is 23.2. The minimum Gasteiger partial charge on any atom is -0.465 e. The standard InChI is InChI=1S/C26H27N3O4/c1-33-26(32)20-11-9-18(10-12-20)16-28-24(30)15-23-25(31)27-13-14-29(23)17-21-7-4-6-19-5-2-3-8-22(19)21/h2-12,23H,13-17H2,1H3,(H,27,31)(H,28,30). The predicted octanol–water partition coefficient (Wildman–Crippen LogP) is 2.63. The number of nitrogens with zero attached hydrogens (tertiary/aromatic N) is 1. The summed E-state index contributed by atoms with van der Waals surface area (Å²) in [7, 11) is 1.33. The lowest BCUT2D eigenvalue weighted by atomic mass is 10.0. The summed E-state index contributed by atoms with van der Waals surface area (Å²) in [5.74, 6) is -0.726. The molecule has 4 rings (SSSR count). The van der Waals surface area contributed by atoms with Crippen molar-refractivity contribution in [3.8, 4) is 0 Å². The Balaban J connectivity index is 1.40. The molecule has 3 aromatic rings. The molecule has 7 nitrogen and oxygen atoms in total. The summed E-state index contributed by atoms with van der Waals surface area (Å²) < 4.78 is 4.69. The molecule has 0 aromatic heterocycles. The molecule has 33 heavy (non-hydrogen) atoms. The van der Waals surface area contributed by atoms with Crippen LogP contribution in [0.15, 0.2) is 66.7 Å². The topological polar surface area (TPSA) is 87.7 Å². The number of carbonyl (C=O) groups is 3. The van der Waals surface area contributed by atoms with Crippen LogP contribution in [0.5, 0.6) is 0 Å². The summed E-state index contributed by atoms with van der Waals surface area (Å²) in [4.78, 5) is 38.9. The van der Waals surface area contributed by atoms with Crippen molar-refractivity contribution in [1.82, 2.24) is 15.5 Å². The summed E-state index contributed by atoms with van der Waals surface area (Å²) >= 11 is 0. The van der Waals surface area contributed by atoms with E-state index in [9.17, 15) is 14.4 Å². The minimum atomic E-state index is -0.528. The monoisotopic (exact) mass is 445 g/mol. The first-order valence-corrected chi connectivity index (χ1v) is 11.0. The van der Waals surface area contributed by atoms with E-state index in [1.807, 2.05) is 18.2 Å². The highest BCUT2D eigenvalue weighted by molar-refractivity contribution is 5.90. The van der Waals surface area contributed by atoms with Crippen molar-refractivity contribution in [3.05, 3.63) is 83.4 Å². The average Bonchev–Trinajstić information content (AvgIpc) is 2.85. The third-order valence-corrected chi connectivity index (χ3v) is 5.94. The summed E-state index contributed by atoms with van der Waals surface area (Å²) in [6, 6.07) is 20.7. The van der Waals surface area contributed by atoms with Gasteiger partial charge in [-0.05, 0) is 34.0 Å². The number of hydrogen-bond donors (Lipinski definition) is 2. The molecule has 0 spiro atoms. The first-order valence-electron chi connectivity index (χ1n) is 11.0. The van der Waals surface area contributed by atoms with Crippen LogP contribution in [0.2, 0.25) is 0 Å². The number of ether oxygens (including phenoxy) is 1. The van der Waals surface area contributed by atoms with Gasteiger partial charge in [-0.25, -0.2) is 4.79 Å². The van der Waals surface area contributed by atoms with Gasteiger partial charge in [-0.1, -0.05) is 54.6 Å². The Morgan fingerprint density at radius 3 is 2.61 bits per heavy atom. The van der Waals surface area contributed by atoms with Crippen molar-refractivity contribution in [3.63, 3.8) is 0 Å². The fraction of sp³-hybridized carbons (Fsp3) is 0.269. The van der Waals surface area contributed by atoms with E-state index in [0.29, 0.717) is 31.7 Å². The van der Waals surface area contributed by atoms with Crippen LogP contribution < -0.4 is 10.6 Å². The Bertz CT molecular complexity index is 1150. The molecule has 1 saturated heterocycles. The van der Waals surface area contributed by atoms with Gasteiger partial charge in [0.15, 0.2) is 0 Å². The predicted molar refractivity (Wildman–Crippen MR) is 125 cm³/mol. The molecule has 1 atom stereocenters. The lowest BCUT2D eigenvalue weighted by Crippen LogP contribution is -2.56. The van der Waals surface area contributed by atoms with E-state index in [-0.39, 0.29) is 18.2 Å². The van der Waals surface area contributed by atoms with Gasteiger partial charge in [0.1, 0.15) is 0 Å². The molecule has 170 valence electrons.